The van der Waals surface area contributed by atoms with Gasteiger partial charge in [0, 0.05) is 30.9 Å². The fraction of sp³-hybridized carbons (Fsp3) is 0.571. The summed E-state index contributed by atoms with van der Waals surface area (Å²) in [5.41, 5.74) is 7.87. The van der Waals surface area contributed by atoms with E-state index in [-0.39, 0.29) is 6.04 Å². The molecule has 0 fully saturated rings. The lowest BCUT2D eigenvalue weighted by Gasteiger charge is -2.08. The van der Waals surface area contributed by atoms with Gasteiger partial charge in [0.15, 0.2) is 0 Å². The molecule has 2 aromatic rings. The summed E-state index contributed by atoms with van der Waals surface area (Å²) in [5, 5.41) is 4.59. The number of hydrogen-bond donors (Lipinski definition) is 1. The maximum atomic E-state index is 5.77. The molecule has 2 heterocycles. The Labute approximate surface area is 114 Å². The third kappa shape index (κ3) is 3.67. The van der Waals surface area contributed by atoms with E-state index in [1.165, 1.54) is 0 Å². The third-order valence-corrected chi connectivity index (χ3v) is 3.27. The maximum Gasteiger partial charge on any atom is 0.0953 e. The van der Waals surface area contributed by atoms with E-state index >= 15 is 0 Å². The van der Waals surface area contributed by atoms with E-state index in [1.807, 2.05) is 30.3 Å². The Hall–Kier alpha value is -1.62. The van der Waals surface area contributed by atoms with Gasteiger partial charge in [-0.25, -0.2) is 4.98 Å². The molecule has 0 amide bonds. The molecule has 5 heteroatoms. The van der Waals surface area contributed by atoms with Crippen LogP contribution in [0.1, 0.15) is 44.6 Å². The molecule has 0 aliphatic heterocycles. The average molecular weight is 261 g/mol. The molecule has 0 radical (unpaired) electrons. The number of hydrogen-bond acceptors (Lipinski definition) is 3. The molecule has 2 rings (SSSR count). The van der Waals surface area contributed by atoms with Gasteiger partial charge in [-0.1, -0.05) is 6.92 Å². The number of aromatic nitrogens is 4. The van der Waals surface area contributed by atoms with Crippen molar-refractivity contribution in [2.24, 2.45) is 5.73 Å². The largest absolute Gasteiger partial charge is 0.331 e. The van der Waals surface area contributed by atoms with E-state index in [9.17, 15) is 0 Å². The van der Waals surface area contributed by atoms with Gasteiger partial charge in [0.05, 0.1) is 24.3 Å². The van der Waals surface area contributed by atoms with Crippen molar-refractivity contribution in [2.75, 3.05) is 0 Å². The minimum Gasteiger partial charge on any atom is -0.331 e. The molecule has 5 nitrogen and oxygen atoms in total. The van der Waals surface area contributed by atoms with E-state index < -0.39 is 0 Å². The van der Waals surface area contributed by atoms with Crippen molar-refractivity contribution in [1.82, 2.24) is 19.3 Å². The summed E-state index contributed by atoms with van der Waals surface area (Å²) >= 11 is 0. The number of imidazole rings is 1. The maximum absolute atomic E-state index is 5.77. The molecule has 0 aliphatic carbocycles. The Kier molecular flexibility index (Phi) is 4.37. The minimum absolute atomic E-state index is 0.146. The first kappa shape index (κ1) is 13.8. The molecule has 2 atom stereocenters. The van der Waals surface area contributed by atoms with Gasteiger partial charge in [-0.2, -0.15) is 5.10 Å². The molecule has 104 valence electrons. The highest BCUT2D eigenvalue weighted by atomic mass is 15.3. The predicted molar refractivity (Wildman–Crippen MR) is 75.9 cm³/mol. The summed E-state index contributed by atoms with van der Waals surface area (Å²) in [6, 6.07) is 2.66. The lowest BCUT2D eigenvalue weighted by Crippen LogP contribution is -2.17. The molecule has 19 heavy (non-hydrogen) atoms. The van der Waals surface area contributed by atoms with Crippen molar-refractivity contribution in [2.45, 2.75) is 52.2 Å². The molecule has 2 unspecified atom stereocenters. The van der Waals surface area contributed by atoms with Gasteiger partial charge in [0.1, 0.15) is 0 Å². The Balaban J connectivity index is 2.00. The zero-order valence-corrected chi connectivity index (χ0v) is 12.0. The van der Waals surface area contributed by atoms with Crippen LogP contribution in [0.3, 0.4) is 0 Å². The van der Waals surface area contributed by atoms with Crippen LogP contribution in [0.15, 0.2) is 24.8 Å². The highest BCUT2D eigenvalue weighted by Crippen LogP contribution is 2.10. The molecule has 0 aromatic carbocycles. The van der Waals surface area contributed by atoms with Gasteiger partial charge in [-0.3, -0.25) is 4.68 Å². The van der Waals surface area contributed by atoms with Gasteiger partial charge in [-0.05, 0) is 26.3 Å². The smallest absolute Gasteiger partial charge is 0.0953 e. The number of rotatable bonds is 6. The second-order valence-corrected chi connectivity index (χ2v) is 5.26. The van der Waals surface area contributed by atoms with Crippen molar-refractivity contribution in [3.05, 3.63) is 36.2 Å². The highest BCUT2D eigenvalue weighted by Gasteiger charge is 2.06. The average Bonchev–Trinajstić information content (AvgIpc) is 2.98. The summed E-state index contributed by atoms with van der Waals surface area (Å²) in [5.74, 6) is 0. The molecule has 2 aromatic heterocycles. The fourth-order valence-corrected chi connectivity index (χ4v) is 2.01. The molecule has 0 spiro atoms. The molecule has 0 saturated carbocycles. The Morgan fingerprint density at radius 2 is 2.11 bits per heavy atom. The Morgan fingerprint density at radius 1 is 1.32 bits per heavy atom. The zero-order valence-electron chi connectivity index (χ0n) is 12.0. The van der Waals surface area contributed by atoms with Crippen LogP contribution in [0.25, 0.3) is 0 Å². The molecular weight excluding hydrogens is 238 g/mol. The Bertz CT molecular complexity index is 511. The van der Waals surface area contributed by atoms with E-state index in [1.54, 1.807) is 0 Å². The quantitative estimate of drug-likeness (QED) is 0.865. The lowest BCUT2D eigenvalue weighted by atomic mass is 10.2. The van der Waals surface area contributed by atoms with Crippen LogP contribution in [0.5, 0.6) is 0 Å². The van der Waals surface area contributed by atoms with E-state index in [4.69, 9.17) is 5.73 Å². The van der Waals surface area contributed by atoms with Gasteiger partial charge in [-0.15, -0.1) is 0 Å². The van der Waals surface area contributed by atoms with Crippen LogP contribution in [-0.4, -0.2) is 25.4 Å². The van der Waals surface area contributed by atoms with E-state index in [0.29, 0.717) is 6.04 Å². The number of nitrogens with two attached hydrogens (primary N) is 1. The van der Waals surface area contributed by atoms with Crippen molar-refractivity contribution in [3.63, 3.8) is 0 Å². The van der Waals surface area contributed by atoms with Crippen LogP contribution in [0.4, 0.5) is 0 Å². The van der Waals surface area contributed by atoms with Crippen LogP contribution < -0.4 is 5.73 Å². The van der Waals surface area contributed by atoms with Crippen molar-refractivity contribution in [3.8, 4) is 0 Å². The van der Waals surface area contributed by atoms with Crippen molar-refractivity contribution in [1.29, 1.82) is 0 Å². The second-order valence-electron chi connectivity index (χ2n) is 5.26. The van der Waals surface area contributed by atoms with E-state index in [2.05, 4.69) is 34.6 Å². The Morgan fingerprint density at radius 3 is 2.79 bits per heavy atom. The molecular formula is C14H23N5. The molecule has 0 bridgehead atoms. The van der Waals surface area contributed by atoms with Crippen LogP contribution in [-0.2, 0) is 13.0 Å². The molecule has 0 saturated heterocycles. The minimum atomic E-state index is 0.146. The molecule has 0 aliphatic rings. The second kappa shape index (κ2) is 6.02. The zero-order chi connectivity index (χ0) is 13.8. The van der Waals surface area contributed by atoms with Crippen LogP contribution in [0, 0.1) is 0 Å². The third-order valence-electron chi connectivity index (χ3n) is 3.27. The predicted octanol–water partition coefficient (Wildman–Crippen LogP) is 1.99. The topological polar surface area (TPSA) is 61.7 Å². The van der Waals surface area contributed by atoms with Gasteiger partial charge in [0.2, 0.25) is 0 Å². The SMILES string of the molecule is CCC(C)n1ccc(Cn2cnc(CC(C)N)c2)n1. The van der Waals surface area contributed by atoms with Gasteiger partial charge >= 0.3 is 0 Å². The summed E-state index contributed by atoms with van der Waals surface area (Å²) in [7, 11) is 0. The van der Waals surface area contributed by atoms with Crippen LogP contribution in [0.2, 0.25) is 0 Å². The number of nitrogens with zero attached hydrogens (tertiary/aromatic N) is 4. The van der Waals surface area contributed by atoms with E-state index in [0.717, 1.165) is 30.8 Å². The lowest BCUT2D eigenvalue weighted by molar-refractivity contribution is 0.472. The first-order chi connectivity index (χ1) is 9.08. The summed E-state index contributed by atoms with van der Waals surface area (Å²) in [4.78, 5) is 4.36. The first-order valence-electron chi connectivity index (χ1n) is 6.88. The summed E-state index contributed by atoms with van der Waals surface area (Å²) in [6.07, 6.45) is 7.84. The normalized spacial score (nSPS) is 14.5. The monoisotopic (exact) mass is 261 g/mol. The van der Waals surface area contributed by atoms with Crippen molar-refractivity contribution >= 4 is 0 Å². The molecule has 2 N–H and O–H groups in total. The summed E-state index contributed by atoms with van der Waals surface area (Å²) in [6.45, 7) is 7.10. The standard InChI is InChI=1S/C14H23N5/c1-4-12(3)19-6-5-13(17-19)8-18-9-14(16-10-18)7-11(2)15/h5-6,9-12H,4,7-8,15H2,1-3H3. The summed E-state index contributed by atoms with van der Waals surface area (Å²) < 4.78 is 4.08. The van der Waals surface area contributed by atoms with Gasteiger partial charge in [0.25, 0.3) is 0 Å². The van der Waals surface area contributed by atoms with Gasteiger partial charge < -0.3 is 10.3 Å². The fourth-order valence-electron chi connectivity index (χ4n) is 2.01. The van der Waals surface area contributed by atoms with Crippen molar-refractivity contribution < 1.29 is 0 Å². The highest BCUT2D eigenvalue weighted by molar-refractivity contribution is 5.04. The van der Waals surface area contributed by atoms with Crippen LogP contribution >= 0.6 is 0 Å². The first-order valence-corrected chi connectivity index (χ1v) is 6.88.